The van der Waals surface area contributed by atoms with E-state index in [-0.39, 0.29) is 11.7 Å². The molecular formula is C21H16N2O3. The van der Waals surface area contributed by atoms with Gasteiger partial charge in [-0.2, -0.15) is 0 Å². The van der Waals surface area contributed by atoms with Crippen molar-refractivity contribution in [3.05, 3.63) is 78.6 Å². The van der Waals surface area contributed by atoms with Crippen molar-refractivity contribution in [3.63, 3.8) is 0 Å². The standard InChI is InChI=1S/C21H16N2O3/c1-26-21(25)15-8-6-14(7-9-15)16-10-11-20-22-18(13-23(20)12-16)17-4-2-3-5-19(17)24/h2-13,24H,1H3. The molecule has 0 unspecified atom stereocenters. The number of pyridine rings is 1. The van der Waals surface area contributed by atoms with Gasteiger partial charge in [0.1, 0.15) is 11.4 Å². The SMILES string of the molecule is COC(=O)c1ccc(-c2ccc3nc(-c4ccccc4O)cn3c2)cc1. The van der Waals surface area contributed by atoms with Crippen molar-refractivity contribution in [1.82, 2.24) is 9.38 Å². The highest BCUT2D eigenvalue weighted by Gasteiger charge is 2.10. The second-order valence-electron chi connectivity index (χ2n) is 5.90. The normalized spacial score (nSPS) is 10.8. The third-order valence-electron chi connectivity index (χ3n) is 4.27. The molecule has 0 aliphatic carbocycles. The fraction of sp³-hybridized carbons (Fsp3) is 0.0476. The van der Waals surface area contributed by atoms with Crippen molar-refractivity contribution < 1.29 is 14.6 Å². The van der Waals surface area contributed by atoms with Gasteiger partial charge in [0.25, 0.3) is 0 Å². The van der Waals surface area contributed by atoms with Gasteiger partial charge in [0, 0.05) is 18.0 Å². The van der Waals surface area contributed by atoms with Gasteiger partial charge in [-0.1, -0.05) is 24.3 Å². The van der Waals surface area contributed by atoms with Gasteiger partial charge >= 0.3 is 5.97 Å². The molecule has 26 heavy (non-hydrogen) atoms. The first-order valence-corrected chi connectivity index (χ1v) is 8.11. The molecule has 4 aromatic rings. The summed E-state index contributed by atoms with van der Waals surface area (Å²) in [7, 11) is 1.37. The van der Waals surface area contributed by atoms with Crippen molar-refractivity contribution in [3.8, 4) is 28.1 Å². The molecule has 0 saturated heterocycles. The number of methoxy groups -OCH3 is 1. The average Bonchev–Trinajstić information content (AvgIpc) is 3.11. The Balaban J connectivity index is 1.72. The first-order chi connectivity index (χ1) is 12.7. The first kappa shape index (κ1) is 15.9. The van der Waals surface area contributed by atoms with Gasteiger partial charge in [0.05, 0.1) is 18.4 Å². The minimum Gasteiger partial charge on any atom is -0.507 e. The number of ether oxygens (including phenoxy) is 1. The average molecular weight is 344 g/mol. The zero-order chi connectivity index (χ0) is 18.1. The maximum Gasteiger partial charge on any atom is 0.337 e. The maximum absolute atomic E-state index is 11.5. The first-order valence-electron chi connectivity index (χ1n) is 8.11. The van der Waals surface area contributed by atoms with E-state index in [1.165, 1.54) is 7.11 Å². The second kappa shape index (κ2) is 6.37. The van der Waals surface area contributed by atoms with Crippen LogP contribution in [-0.2, 0) is 4.74 Å². The number of fused-ring (bicyclic) bond motifs is 1. The fourth-order valence-electron chi connectivity index (χ4n) is 2.90. The summed E-state index contributed by atoms with van der Waals surface area (Å²) < 4.78 is 6.64. The highest BCUT2D eigenvalue weighted by molar-refractivity contribution is 5.90. The Kier molecular flexibility index (Phi) is 3.89. The molecule has 2 aromatic carbocycles. The Bertz CT molecular complexity index is 1100. The molecule has 0 saturated carbocycles. The van der Waals surface area contributed by atoms with Crippen LogP contribution in [0.25, 0.3) is 28.0 Å². The molecule has 0 bridgehead atoms. The molecule has 5 heteroatoms. The molecule has 5 nitrogen and oxygen atoms in total. The number of imidazole rings is 1. The van der Waals surface area contributed by atoms with Gasteiger partial charge in [0.2, 0.25) is 0 Å². The van der Waals surface area contributed by atoms with Crippen molar-refractivity contribution in [1.29, 1.82) is 0 Å². The minimum atomic E-state index is -0.353. The van der Waals surface area contributed by atoms with E-state index in [0.29, 0.717) is 16.8 Å². The van der Waals surface area contributed by atoms with Gasteiger partial charge in [-0.3, -0.25) is 0 Å². The van der Waals surface area contributed by atoms with Crippen LogP contribution in [0.4, 0.5) is 0 Å². The molecular weight excluding hydrogens is 328 g/mol. The van der Waals surface area contributed by atoms with Crippen molar-refractivity contribution in [2.75, 3.05) is 7.11 Å². The lowest BCUT2D eigenvalue weighted by atomic mass is 10.1. The van der Waals surface area contributed by atoms with Crippen LogP contribution in [0.3, 0.4) is 0 Å². The number of carbonyl (C=O) groups is 1. The van der Waals surface area contributed by atoms with Gasteiger partial charge < -0.3 is 14.2 Å². The Hall–Kier alpha value is -3.60. The molecule has 0 radical (unpaired) electrons. The topological polar surface area (TPSA) is 63.8 Å². The van der Waals surface area contributed by atoms with Gasteiger partial charge in [-0.25, -0.2) is 9.78 Å². The van der Waals surface area contributed by atoms with E-state index >= 15 is 0 Å². The van der Waals surface area contributed by atoms with Crippen LogP contribution in [0.2, 0.25) is 0 Å². The predicted octanol–water partition coefficient (Wildman–Crippen LogP) is 4.16. The number of hydrogen-bond donors (Lipinski definition) is 1. The van der Waals surface area contributed by atoms with Crippen LogP contribution >= 0.6 is 0 Å². The predicted molar refractivity (Wildman–Crippen MR) is 99.1 cm³/mol. The molecule has 1 N–H and O–H groups in total. The highest BCUT2D eigenvalue weighted by Crippen LogP contribution is 2.29. The Labute approximate surface area is 150 Å². The van der Waals surface area contributed by atoms with Crippen LogP contribution in [-0.4, -0.2) is 27.6 Å². The van der Waals surface area contributed by atoms with Crippen molar-refractivity contribution >= 4 is 11.6 Å². The number of hydrogen-bond acceptors (Lipinski definition) is 4. The Morgan fingerprint density at radius 2 is 1.69 bits per heavy atom. The number of para-hydroxylation sites is 1. The Morgan fingerprint density at radius 1 is 0.962 bits per heavy atom. The van der Waals surface area contributed by atoms with Crippen LogP contribution in [0.5, 0.6) is 5.75 Å². The number of phenols is 1. The number of aromatic hydroxyl groups is 1. The molecule has 0 fully saturated rings. The largest absolute Gasteiger partial charge is 0.507 e. The monoisotopic (exact) mass is 344 g/mol. The summed E-state index contributed by atoms with van der Waals surface area (Å²) in [6, 6.07) is 18.3. The molecule has 0 atom stereocenters. The third-order valence-corrected chi connectivity index (χ3v) is 4.27. The molecule has 0 aliphatic heterocycles. The smallest absolute Gasteiger partial charge is 0.337 e. The lowest BCUT2D eigenvalue weighted by Gasteiger charge is -2.04. The molecule has 2 heterocycles. The van der Waals surface area contributed by atoms with E-state index in [2.05, 4.69) is 4.98 Å². The molecule has 128 valence electrons. The maximum atomic E-state index is 11.5. The van der Waals surface area contributed by atoms with E-state index in [1.54, 1.807) is 24.3 Å². The van der Waals surface area contributed by atoms with E-state index in [4.69, 9.17) is 4.74 Å². The van der Waals surface area contributed by atoms with Gasteiger partial charge in [-0.05, 0) is 47.5 Å². The van der Waals surface area contributed by atoms with Crippen LogP contribution in [0.1, 0.15) is 10.4 Å². The summed E-state index contributed by atoms with van der Waals surface area (Å²) in [5, 5.41) is 10.0. The molecule has 0 spiro atoms. The lowest BCUT2D eigenvalue weighted by Crippen LogP contribution is -2.00. The Morgan fingerprint density at radius 3 is 2.42 bits per heavy atom. The van der Waals surface area contributed by atoms with Gasteiger partial charge in [0.15, 0.2) is 0 Å². The zero-order valence-electron chi connectivity index (χ0n) is 14.1. The number of phenolic OH excluding ortho intramolecular Hbond substituents is 1. The highest BCUT2D eigenvalue weighted by atomic mass is 16.5. The van der Waals surface area contributed by atoms with E-state index < -0.39 is 0 Å². The minimum absolute atomic E-state index is 0.203. The molecule has 4 rings (SSSR count). The number of esters is 1. The summed E-state index contributed by atoms with van der Waals surface area (Å²) >= 11 is 0. The summed E-state index contributed by atoms with van der Waals surface area (Å²) in [5.41, 5.74) is 4.69. The van der Waals surface area contributed by atoms with Crippen molar-refractivity contribution in [2.24, 2.45) is 0 Å². The van der Waals surface area contributed by atoms with Crippen LogP contribution in [0, 0.1) is 0 Å². The second-order valence-corrected chi connectivity index (χ2v) is 5.90. The third kappa shape index (κ3) is 2.80. The van der Waals surface area contributed by atoms with Crippen LogP contribution in [0.15, 0.2) is 73.1 Å². The summed E-state index contributed by atoms with van der Waals surface area (Å²) in [6.07, 6.45) is 3.86. The summed E-state index contributed by atoms with van der Waals surface area (Å²) in [4.78, 5) is 16.1. The molecule has 0 aliphatic rings. The molecule has 2 aromatic heterocycles. The number of benzene rings is 2. The lowest BCUT2D eigenvalue weighted by molar-refractivity contribution is 0.0601. The number of nitrogens with zero attached hydrogens (tertiary/aromatic N) is 2. The quantitative estimate of drug-likeness (QED) is 0.567. The van der Waals surface area contributed by atoms with Gasteiger partial charge in [-0.15, -0.1) is 0 Å². The summed E-state index contributed by atoms with van der Waals surface area (Å²) in [5.74, 6) is -0.150. The number of rotatable bonds is 3. The molecule has 0 amide bonds. The van der Waals surface area contributed by atoms with Crippen molar-refractivity contribution in [2.45, 2.75) is 0 Å². The van der Waals surface area contributed by atoms with Crippen LogP contribution < -0.4 is 0 Å². The zero-order valence-corrected chi connectivity index (χ0v) is 14.1. The van der Waals surface area contributed by atoms with E-state index in [9.17, 15) is 9.90 Å². The summed E-state index contributed by atoms with van der Waals surface area (Å²) in [6.45, 7) is 0. The fourth-order valence-corrected chi connectivity index (χ4v) is 2.90. The van der Waals surface area contributed by atoms with E-state index in [0.717, 1.165) is 16.8 Å². The number of aromatic nitrogens is 2. The van der Waals surface area contributed by atoms with E-state index in [1.807, 2.05) is 53.2 Å². The number of carbonyl (C=O) groups excluding carboxylic acids is 1.